The van der Waals surface area contributed by atoms with Crippen molar-refractivity contribution >= 4 is 12.6 Å². The summed E-state index contributed by atoms with van der Waals surface area (Å²) in [6.45, 7) is 2.30. The summed E-state index contributed by atoms with van der Waals surface area (Å²) in [6, 6.07) is 1.56. The first-order valence-electron chi connectivity index (χ1n) is 3.98. The topological polar surface area (TPSA) is 24.1 Å². The molecule has 0 aromatic rings. The van der Waals surface area contributed by atoms with Gasteiger partial charge in [0.2, 0.25) is 0 Å². The van der Waals surface area contributed by atoms with E-state index >= 15 is 0 Å². The smallest absolute Gasteiger partial charge is 0.0237 e. The van der Waals surface area contributed by atoms with Gasteiger partial charge in [0.1, 0.15) is 0 Å². The minimum Gasteiger partial charge on any atom is -0.312 e. The van der Waals surface area contributed by atoms with Gasteiger partial charge in [0.15, 0.2) is 0 Å². The van der Waals surface area contributed by atoms with Gasteiger partial charge in [-0.3, -0.25) is 0 Å². The quantitative estimate of drug-likeness (QED) is 0.463. The molecule has 1 unspecified atom stereocenters. The molecule has 0 aromatic heterocycles. The Morgan fingerprint density at radius 3 is 2.30 bits per heavy atom. The Morgan fingerprint density at radius 2 is 1.80 bits per heavy atom. The van der Waals surface area contributed by atoms with Gasteiger partial charge in [-0.05, 0) is 18.1 Å². The molecule has 3 atom stereocenters. The normalized spacial score (nSPS) is 45.9. The zero-order chi connectivity index (χ0) is 6.97. The summed E-state index contributed by atoms with van der Waals surface area (Å²) < 4.78 is 0. The molecule has 58 valence electrons. The maximum absolute atomic E-state index is 4.28. The van der Waals surface area contributed by atoms with Crippen LogP contribution in [0.4, 0.5) is 0 Å². The lowest BCUT2D eigenvalue weighted by atomic mass is 10.2. The molecule has 1 saturated heterocycles. The van der Waals surface area contributed by atoms with Gasteiger partial charge in [-0.25, -0.2) is 0 Å². The molecule has 0 amide bonds. The van der Waals surface area contributed by atoms with Crippen molar-refractivity contribution in [2.45, 2.75) is 18.5 Å². The average molecular weight is 158 g/mol. The van der Waals surface area contributed by atoms with Gasteiger partial charge < -0.3 is 10.6 Å². The fourth-order valence-corrected chi connectivity index (χ4v) is 1.74. The van der Waals surface area contributed by atoms with Crippen LogP contribution in [-0.4, -0.2) is 30.9 Å². The fourth-order valence-electron chi connectivity index (χ4n) is 1.48. The Labute approximate surface area is 67.2 Å². The maximum Gasteiger partial charge on any atom is 0.0237 e. The van der Waals surface area contributed by atoms with Crippen LogP contribution in [0.25, 0.3) is 0 Å². The summed E-state index contributed by atoms with van der Waals surface area (Å²) >= 11 is 4.28. The minimum atomic E-state index is 0.733. The van der Waals surface area contributed by atoms with Gasteiger partial charge in [-0.2, -0.15) is 12.6 Å². The number of thiol groups is 1. The van der Waals surface area contributed by atoms with Gasteiger partial charge in [-0.15, -0.1) is 0 Å². The third-order valence-electron chi connectivity index (χ3n) is 2.39. The molecule has 1 aliphatic carbocycles. The van der Waals surface area contributed by atoms with Crippen LogP contribution in [0.2, 0.25) is 0 Å². The van der Waals surface area contributed by atoms with Crippen LogP contribution in [0.15, 0.2) is 0 Å². The molecule has 10 heavy (non-hydrogen) atoms. The molecule has 1 aliphatic heterocycles. The summed E-state index contributed by atoms with van der Waals surface area (Å²) in [5, 5.41) is 7.02. The fraction of sp³-hybridized carbons (Fsp3) is 1.00. The van der Waals surface area contributed by atoms with Gasteiger partial charge >= 0.3 is 0 Å². The number of hydrogen-bond acceptors (Lipinski definition) is 3. The standard InChI is InChI=1S/C7H14N2S/c10-4-5-2-8-6-1-7(6)9-3-5/h5-10H,1-4H2/t5?,6-,7+. The number of fused-ring (bicyclic) bond motifs is 1. The number of hydrogen-bond donors (Lipinski definition) is 3. The third kappa shape index (κ3) is 1.31. The molecule has 0 aromatic carbocycles. The second-order valence-corrected chi connectivity index (χ2v) is 3.68. The third-order valence-corrected chi connectivity index (χ3v) is 2.90. The zero-order valence-corrected chi connectivity index (χ0v) is 6.90. The SMILES string of the molecule is SCC1CN[C@H]2C[C@H]2NC1. The molecule has 1 heterocycles. The van der Waals surface area contributed by atoms with E-state index in [4.69, 9.17) is 0 Å². The van der Waals surface area contributed by atoms with Crippen LogP contribution in [0, 0.1) is 5.92 Å². The van der Waals surface area contributed by atoms with E-state index in [1.807, 2.05) is 0 Å². The molecule has 2 nitrogen and oxygen atoms in total. The lowest BCUT2D eigenvalue weighted by molar-refractivity contribution is 0.523. The van der Waals surface area contributed by atoms with Crippen LogP contribution in [0.1, 0.15) is 6.42 Å². The van der Waals surface area contributed by atoms with E-state index in [0.29, 0.717) is 0 Å². The summed E-state index contributed by atoms with van der Waals surface area (Å²) in [4.78, 5) is 0. The molecule has 0 spiro atoms. The van der Waals surface area contributed by atoms with Crippen molar-refractivity contribution < 1.29 is 0 Å². The van der Waals surface area contributed by atoms with Crippen LogP contribution in [0.5, 0.6) is 0 Å². The van der Waals surface area contributed by atoms with Crippen molar-refractivity contribution in [2.24, 2.45) is 5.92 Å². The van der Waals surface area contributed by atoms with E-state index in [2.05, 4.69) is 23.3 Å². The molecule has 2 fully saturated rings. The van der Waals surface area contributed by atoms with Crippen molar-refractivity contribution in [3.63, 3.8) is 0 Å². The van der Waals surface area contributed by atoms with E-state index in [9.17, 15) is 0 Å². The highest BCUT2D eigenvalue weighted by Crippen LogP contribution is 2.23. The van der Waals surface area contributed by atoms with E-state index in [1.165, 1.54) is 6.42 Å². The summed E-state index contributed by atoms with van der Waals surface area (Å²) in [7, 11) is 0. The molecule has 3 heteroatoms. The van der Waals surface area contributed by atoms with Crippen molar-refractivity contribution in [2.75, 3.05) is 18.8 Å². The summed E-state index contributed by atoms with van der Waals surface area (Å²) in [5.41, 5.74) is 0. The van der Waals surface area contributed by atoms with Crippen molar-refractivity contribution in [1.82, 2.24) is 10.6 Å². The Kier molecular flexibility index (Phi) is 1.89. The predicted octanol–water partition coefficient (Wildman–Crippen LogP) is -0.134. The molecular weight excluding hydrogens is 144 g/mol. The maximum atomic E-state index is 4.28. The van der Waals surface area contributed by atoms with E-state index in [-0.39, 0.29) is 0 Å². The van der Waals surface area contributed by atoms with Gasteiger partial charge in [0.05, 0.1) is 0 Å². The predicted molar refractivity (Wildman–Crippen MR) is 45.5 cm³/mol. The highest BCUT2D eigenvalue weighted by atomic mass is 32.1. The first-order chi connectivity index (χ1) is 4.90. The lowest BCUT2D eigenvalue weighted by Gasteiger charge is -2.11. The minimum absolute atomic E-state index is 0.733. The second kappa shape index (κ2) is 2.72. The van der Waals surface area contributed by atoms with E-state index < -0.39 is 0 Å². The monoisotopic (exact) mass is 158 g/mol. The summed E-state index contributed by atoms with van der Waals surface area (Å²) in [5.74, 6) is 1.73. The molecular formula is C7H14N2S. The number of nitrogens with one attached hydrogen (secondary N) is 2. The molecule has 2 rings (SSSR count). The van der Waals surface area contributed by atoms with E-state index in [1.54, 1.807) is 0 Å². The largest absolute Gasteiger partial charge is 0.312 e. The first kappa shape index (κ1) is 6.95. The first-order valence-corrected chi connectivity index (χ1v) is 4.61. The van der Waals surface area contributed by atoms with Gasteiger partial charge in [0, 0.05) is 25.2 Å². The Hall–Kier alpha value is 0.270. The van der Waals surface area contributed by atoms with Crippen LogP contribution >= 0.6 is 12.6 Å². The highest BCUT2D eigenvalue weighted by molar-refractivity contribution is 7.80. The zero-order valence-electron chi connectivity index (χ0n) is 6.01. The van der Waals surface area contributed by atoms with Gasteiger partial charge in [0.25, 0.3) is 0 Å². The Bertz CT molecular complexity index is 117. The van der Waals surface area contributed by atoms with Crippen molar-refractivity contribution in [3.8, 4) is 0 Å². The second-order valence-electron chi connectivity index (χ2n) is 3.31. The molecule has 0 radical (unpaired) electrons. The molecule has 2 aliphatic rings. The Morgan fingerprint density at radius 1 is 1.20 bits per heavy atom. The van der Waals surface area contributed by atoms with E-state index in [0.717, 1.165) is 36.8 Å². The lowest BCUT2D eigenvalue weighted by Crippen LogP contribution is -2.27. The van der Waals surface area contributed by atoms with Crippen molar-refractivity contribution in [1.29, 1.82) is 0 Å². The van der Waals surface area contributed by atoms with Crippen molar-refractivity contribution in [3.05, 3.63) is 0 Å². The van der Waals surface area contributed by atoms with Crippen LogP contribution in [0.3, 0.4) is 0 Å². The van der Waals surface area contributed by atoms with Gasteiger partial charge in [-0.1, -0.05) is 0 Å². The molecule has 0 bridgehead atoms. The summed E-state index contributed by atoms with van der Waals surface area (Å²) in [6.07, 6.45) is 1.33. The molecule has 2 N–H and O–H groups in total. The highest BCUT2D eigenvalue weighted by Gasteiger charge is 2.38. The van der Waals surface area contributed by atoms with Crippen LogP contribution < -0.4 is 10.6 Å². The average Bonchev–Trinajstić information content (AvgIpc) is 2.63. The number of rotatable bonds is 1. The molecule has 1 saturated carbocycles. The van der Waals surface area contributed by atoms with Crippen LogP contribution in [-0.2, 0) is 0 Å². The Balaban J connectivity index is 1.84.